The molecule has 1 N–H and O–H groups in total. The Labute approximate surface area is 166 Å². The van der Waals surface area contributed by atoms with E-state index < -0.39 is 9.84 Å². The third kappa shape index (κ3) is 4.45. The Bertz CT molecular complexity index is 1180. The van der Waals surface area contributed by atoms with Crippen LogP contribution in [0.15, 0.2) is 34.3 Å². The summed E-state index contributed by atoms with van der Waals surface area (Å²) in [5, 5.41) is 3.02. The minimum Gasteiger partial charge on any atom is -0.361 e. The van der Waals surface area contributed by atoms with Crippen molar-refractivity contribution >= 4 is 38.4 Å². The first kappa shape index (κ1) is 20.2. The smallest absolute Gasteiger partial charge is 0.294 e. The molecule has 0 atom stereocenters. The Kier molecular flexibility index (Phi) is 5.61. The number of hydrogen-bond donors (Lipinski definition) is 1. The first-order valence-electron chi connectivity index (χ1n) is 8.47. The number of halogens is 1. The summed E-state index contributed by atoms with van der Waals surface area (Å²) in [6, 6.07) is 3.06. The van der Waals surface area contributed by atoms with Crippen molar-refractivity contribution in [1.29, 1.82) is 0 Å². The summed E-state index contributed by atoms with van der Waals surface area (Å²) >= 11 is 5.87. The summed E-state index contributed by atoms with van der Waals surface area (Å²) in [7, 11) is -3.36. The van der Waals surface area contributed by atoms with Crippen LogP contribution in [0.3, 0.4) is 0 Å². The molecule has 3 heterocycles. The van der Waals surface area contributed by atoms with Crippen LogP contribution in [0.5, 0.6) is 0 Å². The Morgan fingerprint density at radius 2 is 1.93 bits per heavy atom. The van der Waals surface area contributed by atoms with Gasteiger partial charge in [-0.05, 0) is 29.1 Å². The van der Waals surface area contributed by atoms with E-state index >= 15 is 0 Å². The minimum absolute atomic E-state index is 0.00611. The number of nitrogens with zero attached hydrogens (tertiary/aromatic N) is 5. The van der Waals surface area contributed by atoms with Crippen molar-refractivity contribution < 1.29 is 8.42 Å². The summed E-state index contributed by atoms with van der Waals surface area (Å²) in [4.78, 5) is 29.2. The summed E-state index contributed by atoms with van der Waals surface area (Å²) in [5.74, 6) is 0.351. The molecule has 148 valence electrons. The van der Waals surface area contributed by atoms with E-state index in [0.29, 0.717) is 23.3 Å². The first-order chi connectivity index (χ1) is 13.1. The average molecular weight is 423 g/mol. The molecule has 0 aliphatic carbocycles. The van der Waals surface area contributed by atoms with Gasteiger partial charge in [0, 0.05) is 25.5 Å². The zero-order chi connectivity index (χ0) is 20.5. The van der Waals surface area contributed by atoms with Crippen molar-refractivity contribution in [1.82, 2.24) is 24.5 Å². The molecule has 3 rings (SSSR count). The molecule has 0 bridgehead atoms. The zero-order valence-corrected chi connectivity index (χ0v) is 17.1. The quantitative estimate of drug-likeness (QED) is 0.598. The van der Waals surface area contributed by atoms with Crippen molar-refractivity contribution in [3.63, 3.8) is 0 Å². The van der Waals surface area contributed by atoms with Crippen molar-refractivity contribution in [2.45, 2.75) is 32.0 Å². The van der Waals surface area contributed by atoms with Crippen molar-refractivity contribution in [3.05, 3.63) is 45.7 Å². The molecule has 0 aromatic carbocycles. The molecule has 28 heavy (non-hydrogen) atoms. The number of fused-ring (bicyclic) bond motifs is 1. The highest BCUT2D eigenvalue weighted by molar-refractivity contribution is 7.90. The van der Waals surface area contributed by atoms with Crippen LogP contribution in [0.4, 0.5) is 5.82 Å². The van der Waals surface area contributed by atoms with Crippen LogP contribution in [-0.2, 0) is 22.9 Å². The number of pyridine rings is 1. The molecule has 0 saturated heterocycles. The lowest BCUT2D eigenvalue weighted by Gasteiger charge is -2.14. The van der Waals surface area contributed by atoms with Gasteiger partial charge in [0.1, 0.15) is 5.52 Å². The van der Waals surface area contributed by atoms with Gasteiger partial charge in [-0.1, -0.05) is 19.9 Å². The third-order valence-corrected chi connectivity index (χ3v) is 5.02. The Morgan fingerprint density at radius 3 is 2.54 bits per heavy atom. The maximum Gasteiger partial charge on any atom is 0.294 e. The van der Waals surface area contributed by atoms with E-state index in [-0.39, 0.29) is 34.1 Å². The number of rotatable bonds is 6. The fraction of sp³-hybridized carbons (Fsp3) is 0.353. The lowest BCUT2D eigenvalue weighted by atomic mass is 10.2. The normalized spacial score (nSPS) is 11.9. The van der Waals surface area contributed by atoms with E-state index in [2.05, 4.69) is 25.3 Å². The van der Waals surface area contributed by atoms with Gasteiger partial charge in [-0.3, -0.25) is 9.36 Å². The molecule has 3 aromatic rings. The van der Waals surface area contributed by atoms with Gasteiger partial charge in [0.05, 0.1) is 6.20 Å². The van der Waals surface area contributed by atoms with Crippen LogP contribution in [0, 0.1) is 5.92 Å². The van der Waals surface area contributed by atoms with E-state index in [9.17, 15) is 13.2 Å². The van der Waals surface area contributed by atoms with Crippen LogP contribution >= 0.6 is 11.6 Å². The molecule has 0 spiro atoms. The van der Waals surface area contributed by atoms with Crippen LogP contribution in [0.1, 0.15) is 19.4 Å². The van der Waals surface area contributed by atoms with Crippen LogP contribution in [0.25, 0.3) is 11.2 Å². The van der Waals surface area contributed by atoms with Crippen LogP contribution < -0.4 is 10.9 Å². The van der Waals surface area contributed by atoms with Gasteiger partial charge in [0.2, 0.25) is 5.28 Å². The predicted octanol–water partition coefficient (Wildman–Crippen LogP) is 1.91. The standard InChI is InChI=1S/C17H19ClN6O3S/c1-10(2)9-24-15-12(8-21-17(18)23-15)22-14(16(24)25)20-7-11-4-5-13(19-6-11)28(3,26)27/h4-6,8,10H,7,9H2,1-3H3,(H,20,22). The summed E-state index contributed by atoms with van der Waals surface area (Å²) in [5.41, 5.74) is 1.20. The molecular formula is C17H19ClN6O3S. The highest BCUT2D eigenvalue weighted by atomic mass is 35.5. The van der Waals surface area contributed by atoms with E-state index in [0.717, 1.165) is 6.26 Å². The molecular weight excluding hydrogens is 404 g/mol. The molecule has 0 amide bonds. The zero-order valence-electron chi connectivity index (χ0n) is 15.5. The lowest BCUT2D eigenvalue weighted by molar-refractivity contribution is 0.520. The Hall–Kier alpha value is -2.59. The number of anilines is 1. The van der Waals surface area contributed by atoms with Crippen LogP contribution in [0.2, 0.25) is 5.28 Å². The lowest BCUT2D eigenvalue weighted by Crippen LogP contribution is -2.28. The van der Waals surface area contributed by atoms with Crippen molar-refractivity contribution in [2.24, 2.45) is 5.92 Å². The molecule has 9 nitrogen and oxygen atoms in total. The summed E-state index contributed by atoms with van der Waals surface area (Å²) in [6.45, 7) is 4.68. The van der Waals surface area contributed by atoms with Gasteiger partial charge in [-0.2, -0.15) is 4.98 Å². The van der Waals surface area contributed by atoms with E-state index in [4.69, 9.17) is 11.6 Å². The number of sulfone groups is 1. The molecule has 0 unspecified atom stereocenters. The number of nitrogens with one attached hydrogen (secondary N) is 1. The fourth-order valence-electron chi connectivity index (χ4n) is 2.59. The van der Waals surface area contributed by atoms with Gasteiger partial charge in [0.15, 0.2) is 26.3 Å². The molecule has 11 heteroatoms. The third-order valence-electron chi connectivity index (χ3n) is 3.84. The van der Waals surface area contributed by atoms with E-state index in [1.165, 1.54) is 23.0 Å². The fourth-order valence-corrected chi connectivity index (χ4v) is 3.27. The van der Waals surface area contributed by atoms with Gasteiger partial charge >= 0.3 is 0 Å². The average Bonchev–Trinajstić information content (AvgIpc) is 2.62. The molecule has 0 radical (unpaired) electrons. The Morgan fingerprint density at radius 1 is 1.18 bits per heavy atom. The van der Waals surface area contributed by atoms with Gasteiger partial charge in [0.25, 0.3) is 5.56 Å². The molecule has 0 fully saturated rings. The molecule has 0 aliphatic rings. The number of aromatic nitrogens is 5. The maximum atomic E-state index is 12.9. The molecule has 0 aliphatic heterocycles. The van der Waals surface area contributed by atoms with Gasteiger partial charge in [-0.15, -0.1) is 0 Å². The summed E-state index contributed by atoms with van der Waals surface area (Å²) < 4.78 is 24.5. The van der Waals surface area contributed by atoms with E-state index in [1.807, 2.05) is 13.8 Å². The minimum atomic E-state index is -3.36. The van der Waals surface area contributed by atoms with Gasteiger partial charge in [-0.25, -0.2) is 23.4 Å². The summed E-state index contributed by atoms with van der Waals surface area (Å²) in [6.07, 6.45) is 4.01. The highest BCUT2D eigenvalue weighted by Gasteiger charge is 2.14. The predicted molar refractivity (Wildman–Crippen MR) is 106 cm³/mol. The number of hydrogen-bond acceptors (Lipinski definition) is 8. The molecule has 3 aromatic heterocycles. The SMILES string of the molecule is CC(C)Cn1c(=O)c(NCc2ccc(S(C)(=O)=O)nc2)nc2cnc(Cl)nc21. The Balaban J connectivity index is 1.94. The van der Waals surface area contributed by atoms with Crippen LogP contribution in [-0.4, -0.2) is 39.2 Å². The second-order valence-electron chi connectivity index (χ2n) is 6.75. The van der Waals surface area contributed by atoms with Crippen molar-refractivity contribution in [3.8, 4) is 0 Å². The van der Waals surface area contributed by atoms with Crippen molar-refractivity contribution in [2.75, 3.05) is 11.6 Å². The second-order valence-corrected chi connectivity index (χ2v) is 9.05. The topological polar surface area (TPSA) is 120 Å². The largest absolute Gasteiger partial charge is 0.361 e. The second kappa shape index (κ2) is 7.80. The molecule has 0 saturated carbocycles. The first-order valence-corrected chi connectivity index (χ1v) is 10.7. The monoisotopic (exact) mass is 422 g/mol. The maximum absolute atomic E-state index is 12.9. The highest BCUT2D eigenvalue weighted by Crippen LogP contribution is 2.14. The van der Waals surface area contributed by atoms with Gasteiger partial charge < -0.3 is 5.32 Å². The van der Waals surface area contributed by atoms with E-state index in [1.54, 1.807) is 6.07 Å².